The van der Waals surface area contributed by atoms with Crippen LogP contribution in [-0.4, -0.2) is 33.4 Å². The SMILES string of the molecule is CC1C=CC(c2ccc3cc(C(=O)N4CCC[C@@H]4c4ccccc4)[nH]c3n2)=CN1. The molecule has 1 amide bonds. The maximum Gasteiger partial charge on any atom is 0.270 e. The van der Waals surface area contributed by atoms with E-state index in [9.17, 15) is 4.79 Å². The van der Waals surface area contributed by atoms with Crippen LogP contribution < -0.4 is 5.32 Å². The number of carbonyl (C=O) groups is 1. The minimum atomic E-state index is 0.0446. The number of H-pyrrole nitrogens is 1. The molecular formula is C24H24N4O. The van der Waals surface area contributed by atoms with Gasteiger partial charge in [-0.15, -0.1) is 0 Å². The molecule has 2 atom stereocenters. The summed E-state index contributed by atoms with van der Waals surface area (Å²) < 4.78 is 0. The van der Waals surface area contributed by atoms with Gasteiger partial charge in [-0.1, -0.05) is 42.5 Å². The molecule has 5 rings (SSSR count). The average Bonchev–Trinajstić information content (AvgIpc) is 3.41. The summed E-state index contributed by atoms with van der Waals surface area (Å²) in [6, 6.07) is 16.7. The standard InChI is InChI=1S/C24H24N4O/c1-16-9-10-19(15-25-16)20-12-11-18-14-21(27-23(18)26-20)24(29)28-13-5-8-22(28)17-6-3-2-4-7-17/h2-4,6-7,9-12,14-16,22,25H,5,8,13H2,1H3,(H,26,27)/t16?,22-/m1/s1. The van der Waals surface area contributed by atoms with Crippen molar-refractivity contribution >= 4 is 22.5 Å². The van der Waals surface area contributed by atoms with Crippen molar-refractivity contribution in [1.82, 2.24) is 20.2 Å². The van der Waals surface area contributed by atoms with Crippen molar-refractivity contribution in [1.29, 1.82) is 0 Å². The normalized spacial score (nSPS) is 21.3. The van der Waals surface area contributed by atoms with Gasteiger partial charge in [-0.2, -0.15) is 0 Å². The number of hydrogen-bond acceptors (Lipinski definition) is 3. The highest BCUT2D eigenvalue weighted by Gasteiger charge is 2.31. The van der Waals surface area contributed by atoms with E-state index in [1.165, 1.54) is 5.56 Å². The number of aromatic amines is 1. The minimum absolute atomic E-state index is 0.0446. The second-order valence-electron chi connectivity index (χ2n) is 7.80. The van der Waals surface area contributed by atoms with Crippen LogP contribution >= 0.6 is 0 Å². The fraction of sp³-hybridized carbons (Fsp3) is 0.250. The Labute approximate surface area is 170 Å². The highest BCUT2D eigenvalue weighted by Crippen LogP contribution is 2.33. The van der Waals surface area contributed by atoms with Crippen molar-refractivity contribution in [3.8, 4) is 0 Å². The Balaban J connectivity index is 1.43. The lowest BCUT2D eigenvalue weighted by molar-refractivity contribution is 0.0730. The molecule has 29 heavy (non-hydrogen) atoms. The number of allylic oxidation sites excluding steroid dienone is 2. The number of hydrogen-bond donors (Lipinski definition) is 2. The van der Waals surface area contributed by atoms with Gasteiger partial charge in [0.25, 0.3) is 5.91 Å². The van der Waals surface area contributed by atoms with Crippen LogP contribution in [-0.2, 0) is 0 Å². The van der Waals surface area contributed by atoms with Crippen LogP contribution in [0.3, 0.4) is 0 Å². The molecule has 3 aromatic rings. The zero-order valence-corrected chi connectivity index (χ0v) is 16.4. The summed E-state index contributed by atoms with van der Waals surface area (Å²) in [5, 5.41) is 4.25. The van der Waals surface area contributed by atoms with E-state index in [-0.39, 0.29) is 11.9 Å². The fourth-order valence-corrected chi connectivity index (χ4v) is 4.20. The number of nitrogens with one attached hydrogen (secondary N) is 2. The number of dihydropyridines is 1. The van der Waals surface area contributed by atoms with Gasteiger partial charge in [0, 0.05) is 29.7 Å². The van der Waals surface area contributed by atoms with E-state index in [2.05, 4.69) is 41.5 Å². The van der Waals surface area contributed by atoms with Crippen LogP contribution in [0.15, 0.2) is 66.9 Å². The van der Waals surface area contributed by atoms with Crippen molar-refractivity contribution in [2.75, 3.05) is 6.54 Å². The van der Waals surface area contributed by atoms with Gasteiger partial charge in [0.05, 0.1) is 11.7 Å². The number of likely N-dealkylation sites (tertiary alicyclic amines) is 1. The molecule has 0 spiro atoms. The van der Waals surface area contributed by atoms with Crippen LogP contribution in [0.1, 0.15) is 47.6 Å². The van der Waals surface area contributed by atoms with Gasteiger partial charge in [-0.3, -0.25) is 4.79 Å². The first kappa shape index (κ1) is 17.7. The predicted octanol–water partition coefficient (Wildman–Crippen LogP) is 4.43. The molecule has 0 saturated carbocycles. The topological polar surface area (TPSA) is 61.0 Å². The van der Waals surface area contributed by atoms with Gasteiger partial charge in [0.1, 0.15) is 11.3 Å². The van der Waals surface area contributed by atoms with E-state index in [1.54, 1.807) is 0 Å². The molecular weight excluding hydrogens is 360 g/mol. The molecule has 0 bridgehead atoms. The van der Waals surface area contributed by atoms with Crippen molar-refractivity contribution in [3.63, 3.8) is 0 Å². The maximum atomic E-state index is 13.3. The quantitative estimate of drug-likeness (QED) is 0.702. The Morgan fingerprint density at radius 3 is 2.83 bits per heavy atom. The Kier molecular flexibility index (Phi) is 4.43. The smallest absolute Gasteiger partial charge is 0.270 e. The Morgan fingerprint density at radius 2 is 2.03 bits per heavy atom. The predicted molar refractivity (Wildman–Crippen MR) is 115 cm³/mol. The van der Waals surface area contributed by atoms with Crippen LogP contribution in [0.25, 0.3) is 16.6 Å². The summed E-state index contributed by atoms with van der Waals surface area (Å²) in [5.74, 6) is 0.0446. The molecule has 5 heteroatoms. The number of nitrogens with zero attached hydrogens (tertiary/aromatic N) is 2. The fourth-order valence-electron chi connectivity index (χ4n) is 4.20. The van der Waals surface area contributed by atoms with Crippen molar-refractivity contribution < 1.29 is 4.79 Å². The van der Waals surface area contributed by atoms with E-state index >= 15 is 0 Å². The largest absolute Gasteiger partial charge is 0.384 e. The van der Waals surface area contributed by atoms with E-state index in [1.807, 2.05) is 47.5 Å². The third-order valence-electron chi connectivity index (χ3n) is 5.77. The highest BCUT2D eigenvalue weighted by molar-refractivity contribution is 5.98. The monoisotopic (exact) mass is 384 g/mol. The first-order valence-corrected chi connectivity index (χ1v) is 10.2. The van der Waals surface area contributed by atoms with Gasteiger partial charge in [-0.25, -0.2) is 4.98 Å². The number of amides is 1. The van der Waals surface area contributed by atoms with Crippen LogP contribution in [0.5, 0.6) is 0 Å². The molecule has 0 aliphatic carbocycles. The minimum Gasteiger partial charge on any atom is -0.384 e. The van der Waals surface area contributed by atoms with Gasteiger partial charge in [0.15, 0.2) is 0 Å². The van der Waals surface area contributed by atoms with Gasteiger partial charge < -0.3 is 15.2 Å². The maximum absolute atomic E-state index is 13.3. The van der Waals surface area contributed by atoms with Crippen molar-refractivity contribution in [3.05, 3.63) is 83.8 Å². The molecule has 5 nitrogen and oxygen atoms in total. The zero-order valence-electron chi connectivity index (χ0n) is 16.4. The van der Waals surface area contributed by atoms with E-state index < -0.39 is 0 Å². The Morgan fingerprint density at radius 1 is 1.17 bits per heavy atom. The molecule has 0 radical (unpaired) electrons. The van der Waals surface area contributed by atoms with E-state index in [0.29, 0.717) is 11.7 Å². The van der Waals surface area contributed by atoms with Crippen molar-refractivity contribution in [2.24, 2.45) is 0 Å². The molecule has 2 aliphatic heterocycles. The molecule has 2 aliphatic rings. The summed E-state index contributed by atoms with van der Waals surface area (Å²) in [6.07, 6.45) is 8.22. The lowest BCUT2D eigenvalue weighted by Crippen LogP contribution is -2.30. The van der Waals surface area contributed by atoms with Gasteiger partial charge in [-0.05, 0) is 43.5 Å². The number of pyridine rings is 1. The lowest BCUT2D eigenvalue weighted by atomic mass is 10.0. The molecule has 2 aromatic heterocycles. The third-order valence-corrected chi connectivity index (χ3v) is 5.77. The summed E-state index contributed by atoms with van der Waals surface area (Å²) >= 11 is 0. The molecule has 2 N–H and O–H groups in total. The lowest BCUT2D eigenvalue weighted by Gasteiger charge is -2.24. The molecule has 1 aromatic carbocycles. The first-order chi connectivity index (χ1) is 14.2. The second-order valence-corrected chi connectivity index (χ2v) is 7.80. The number of carbonyl (C=O) groups excluding carboxylic acids is 1. The number of rotatable bonds is 3. The Bertz CT molecular complexity index is 1110. The average molecular weight is 384 g/mol. The molecule has 1 saturated heterocycles. The second kappa shape index (κ2) is 7.24. The van der Waals surface area contributed by atoms with Crippen molar-refractivity contribution in [2.45, 2.75) is 31.8 Å². The first-order valence-electron chi connectivity index (χ1n) is 10.2. The van der Waals surface area contributed by atoms with E-state index in [0.717, 1.165) is 41.7 Å². The van der Waals surface area contributed by atoms with Gasteiger partial charge in [0.2, 0.25) is 0 Å². The summed E-state index contributed by atoms with van der Waals surface area (Å²) in [4.78, 5) is 23.2. The number of benzene rings is 1. The van der Waals surface area contributed by atoms with Crippen LogP contribution in [0, 0.1) is 0 Å². The Hall–Kier alpha value is -3.34. The summed E-state index contributed by atoms with van der Waals surface area (Å²) in [7, 11) is 0. The number of fused-ring (bicyclic) bond motifs is 1. The van der Waals surface area contributed by atoms with E-state index in [4.69, 9.17) is 4.98 Å². The van der Waals surface area contributed by atoms with Crippen LogP contribution in [0.4, 0.5) is 0 Å². The summed E-state index contributed by atoms with van der Waals surface area (Å²) in [5.41, 5.74) is 4.47. The molecule has 146 valence electrons. The molecule has 1 fully saturated rings. The summed E-state index contributed by atoms with van der Waals surface area (Å²) in [6.45, 7) is 2.89. The highest BCUT2D eigenvalue weighted by atomic mass is 16.2. The number of aromatic nitrogens is 2. The third kappa shape index (κ3) is 3.33. The molecule has 1 unspecified atom stereocenters. The van der Waals surface area contributed by atoms with Crippen LogP contribution in [0.2, 0.25) is 0 Å². The molecule has 4 heterocycles. The van der Waals surface area contributed by atoms with Gasteiger partial charge >= 0.3 is 0 Å². The zero-order chi connectivity index (χ0) is 19.8.